The molecule has 0 amide bonds. The summed E-state index contributed by atoms with van der Waals surface area (Å²) in [6.07, 6.45) is 1.01. The quantitative estimate of drug-likeness (QED) is 0.777. The van der Waals surface area contributed by atoms with Crippen LogP contribution in [0.5, 0.6) is 0 Å². The molecule has 1 unspecified atom stereocenters. The minimum absolute atomic E-state index is 0.241. The van der Waals surface area contributed by atoms with E-state index >= 15 is 0 Å². The van der Waals surface area contributed by atoms with Gasteiger partial charge >= 0.3 is 0 Å². The highest BCUT2D eigenvalue weighted by atomic mass is 16.3. The van der Waals surface area contributed by atoms with E-state index in [0.29, 0.717) is 5.92 Å². The molecule has 0 saturated carbocycles. The van der Waals surface area contributed by atoms with Crippen molar-refractivity contribution in [2.45, 2.75) is 54.0 Å². The fourth-order valence-electron chi connectivity index (χ4n) is 2.55. The third kappa shape index (κ3) is 3.32. The summed E-state index contributed by atoms with van der Waals surface area (Å²) in [5.74, 6) is 1.75. The first-order valence-electron chi connectivity index (χ1n) is 8.10. The number of para-hydroxylation sites is 1. The van der Waals surface area contributed by atoms with E-state index in [9.17, 15) is 0 Å². The lowest BCUT2D eigenvalue weighted by Crippen LogP contribution is -2.35. The zero-order valence-corrected chi connectivity index (χ0v) is 14.3. The van der Waals surface area contributed by atoms with Crippen molar-refractivity contribution in [3.8, 4) is 0 Å². The molecule has 0 aliphatic heterocycles. The van der Waals surface area contributed by atoms with Gasteiger partial charge in [-0.3, -0.25) is 0 Å². The fraction of sp³-hybridized carbons (Fsp3) is 0.579. The van der Waals surface area contributed by atoms with Crippen molar-refractivity contribution in [3.05, 3.63) is 35.6 Å². The van der Waals surface area contributed by atoms with Crippen LogP contribution in [0, 0.1) is 11.3 Å². The number of benzene rings is 1. The average Bonchev–Trinajstić information content (AvgIpc) is 2.83. The molecule has 2 heteroatoms. The van der Waals surface area contributed by atoms with E-state index in [2.05, 4.69) is 65.1 Å². The van der Waals surface area contributed by atoms with Gasteiger partial charge in [0.15, 0.2) is 0 Å². The van der Waals surface area contributed by atoms with E-state index in [0.717, 1.165) is 24.3 Å². The van der Waals surface area contributed by atoms with Crippen LogP contribution < -0.4 is 5.32 Å². The highest BCUT2D eigenvalue weighted by Crippen LogP contribution is 2.31. The molecule has 0 spiro atoms. The molecule has 1 atom stereocenters. The minimum Gasteiger partial charge on any atom is -0.459 e. The normalized spacial score (nSPS) is 14.0. The number of hydrogen-bond donors (Lipinski definition) is 1. The highest BCUT2D eigenvalue weighted by molar-refractivity contribution is 5.82. The molecule has 1 N–H and O–H groups in total. The molecule has 2 aromatic rings. The van der Waals surface area contributed by atoms with Crippen molar-refractivity contribution in [1.82, 2.24) is 5.32 Å². The van der Waals surface area contributed by atoms with E-state index in [1.54, 1.807) is 0 Å². The van der Waals surface area contributed by atoms with Gasteiger partial charge in [-0.1, -0.05) is 52.8 Å². The second kappa shape index (κ2) is 6.23. The topological polar surface area (TPSA) is 25.2 Å². The summed E-state index contributed by atoms with van der Waals surface area (Å²) in [7, 11) is 0. The SMILES string of the molecule is CCc1c(C(C)NCC(C)(C)C(C)C)oc2ccccc12. The molecule has 1 aromatic carbocycles. The molecule has 0 aliphatic rings. The second-order valence-corrected chi connectivity index (χ2v) is 7.04. The molecule has 0 fully saturated rings. The Morgan fingerprint density at radius 2 is 1.81 bits per heavy atom. The standard InChI is InChI=1S/C19H29NO/c1-7-15-16-10-8-9-11-17(16)21-18(15)14(4)20-12-19(5,6)13(2)3/h8-11,13-14,20H,7,12H2,1-6H3. The van der Waals surface area contributed by atoms with Gasteiger partial charge in [-0.2, -0.15) is 0 Å². The van der Waals surface area contributed by atoms with E-state index < -0.39 is 0 Å². The number of rotatable bonds is 6. The smallest absolute Gasteiger partial charge is 0.134 e. The highest BCUT2D eigenvalue weighted by Gasteiger charge is 2.24. The third-order valence-electron chi connectivity index (χ3n) is 4.90. The van der Waals surface area contributed by atoms with Gasteiger partial charge in [0.1, 0.15) is 11.3 Å². The van der Waals surface area contributed by atoms with E-state index in [1.165, 1.54) is 10.9 Å². The molecule has 0 saturated heterocycles. The molecular weight excluding hydrogens is 258 g/mol. The van der Waals surface area contributed by atoms with Crippen molar-refractivity contribution in [3.63, 3.8) is 0 Å². The largest absolute Gasteiger partial charge is 0.459 e. The Morgan fingerprint density at radius 1 is 1.14 bits per heavy atom. The lowest BCUT2D eigenvalue weighted by atomic mass is 9.81. The predicted molar refractivity (Wildman–Crippen MR) is 90.6 cm³/mol. The Labute approximate surface area is 128 Å². The molecule has 1 heterocycles. The van der Waals surface area contributed by atoms with E-state index in [-0.39, 0.29) is 11.5 Å². The van der Waals surface area contributed by atoms with Gasteiger partial charge in [-0.05, 0) is 30.7 Å². The van der Waals surface area contributed by atoms with Gasteiger partial charge < -0.3 is 9.73 Å². The number of aryl methyl sites for hydroxylation is 1. The van der Waals surface area contributed by atoms with Crippen LogP contribution in [0.1, 0.15) is 58.9 Å². The van der Waals surface area contributed by atoms with Crippen molar-refractivity contribution < 1.29 is 4.42 Å². The lowest BCUT2D eigenvalue weighted by molar-refractivity contribution is 0.226. The first kappa shape index (κ1) is 16.1. The summed E-state index contributed by atoms with van der Waals surface area (Å²) in [4.78, 5) is 0. The van der Waals surface area contributed by atoms with Crippen LogP contribution in [0.3, 0.4) is 0 Å². The van der Waals surface area contributed by atoms with Crippen molar-refractivity contribution in [2.24, 2.45) is 11.3 Å². The number of fused-ring (bicyclic) bond motifs is 1. The van der Waals surface area contributed by atoms with Crippen LogP contribution in [0.15, 0.2) is 28.7 Å². The number of nitrogens with one attached hydrogen (secondary N) is 1. The van der Waals surface area contributed by atoms with Crippen molar-refractivity contribution in [2.75, 3.05) is 6.54 Å². The first-order valence-corrected chi connectivity index (χ1v) is 8.10. The number of hydrogen-bond acceptors (Lipinski definition) is 2. The maximum Gasteiger partial charge on any atom is 0.134 e. The molecule has 21 heavy (non-hydrogen) atoms. The second-order valence-electron chi connectivity index (χ2n) is 7.04. The molecular formula is C19H29NO. The summed E-state index contributed by atoms with van der Waals surface area (Å²) in [6, 6.07) is 8.58. The Bertz CT molecular complexity index is 595. The molecule has 0 bridgehead atoms. The van der Waals surface area contributed by atoms with Crippen molar-refractivity contribution >= 4 is 11.0 Å². The molecule has 2 nitrogen and oxygen atoms in total. The van der Waals surface area contributed by atoms with Gasteiger partial charge in [0.2, 0.25) is 0 Å². The molecule has 0 aliphatic carbocycles. The van der Waals surface area contributed by atoms with Gasteiger partial charge in [0.05, 0.1) is 6.04 Å². The van der Waals surface area contributed by atoms with E-state index in [1.807, 2.05) is 6.07 Å². The summed E-state index contributed by atoms with van der Waals surface area (Å²) in [5, 5.41) is 4.92. The maximum absolute atomic E-state index is 6.12. The van der Waals surface area contributed by atoms with Crippen LogP contribution >= 0.6 is 0 Å². The Balaban J connectivity index is 2.21. The Morgan fingerprint density at radius 3 is 2.43 bits per heavy atom. The van der Waals surface area contributed by atoms with Gasteiger partial charge in [0.25, 0.3) is 0 Å². The predicted octanol–water partition coefficient (Wildman–Crippen LogP) is 5.33. The van der Waals surface area contributed by atoms with Crippen LogP contribution in [0.4, 0.5) is 0 Å². The maximum atomic E-state index is 6.12. The average molecular weight is 287 g/mol. The Kier molecular flexibility index (Phi) is 4.77. The summed E-state index contributed by atoms with van der Waals surface area (Å²) < 4.78 is 6.12. The van der Waals surface area contributed by atoms with E-state index in [4.69, 9.17) is 4.42 Å². The summed E-state index contributed by atoms with van der Waals surface area (Å²) in [6.45, 7) is 14.6. The lowest BCUT2D eigenvalue weighted by Gasteiger charge is -2.31. The first-order chi connectivity index (χ1) is 9.86. The monoisotopic (exact) mass is 287 g/mol. The van der Waals surface area contributed by atoms with Crippen molar-refractivity contribution in [1.29, 1.82) is 0 Å². The molecule has 2 rings (SSSR count). The summed E-state index contributed by atoms with van der Waals surface area (Å²) >= 11 is 0. The Hall–Kier alpha value is -1.28. The fourth-order valence-corrected chi connectivity index (χ4v) is 2.55. The summed E-state index contributed by atoms with van der Waals surface area (Å²) in [5.41, 5.74) is 2.63. The van der Waals surface area contributed by atoms with Gasteiger partial charge in [-0.15, -0.1) is 0 Å². The van der Waals surface area contributed by atoms with Crippen LogP contribution in [-0.4, -0.2) is 6.54 Å². The number of furan rings is 1. The zero-order valence-electron chi connectivity index (χ0n) is 14.3. The molecule has 116 valence electrons. The zero-order chi connectivity index (χ0) is 15.6. The molecule has 0 radical (unpaired) electrons. The third-order valence-corrected chi connectivity index (χ3v) is 4.90. The van der Waals surface area contributed by atoms with Gasteiger partial charge in [0, 0.05) is 17.5 Å². The minimum atomic E-state index is 0.241. The van der Waals surface area contributed by atoms with Crippen LogP contribution in [0.25, 0.3) is 11.0 Å². The van der Waals surface area contributed by atoms with Gasteiger partial charge in [-0.25, -0.2) is 0 Å². The molecule has 1 aromatic heterocycles. The van der Waals surface area contributed by atoms with Crippen LogP contribution in [0.2, 0.25) is 0 Å². The van der Waals surface area contributed by atoms with Crippen LogP contribution in [-0.2, 0) is 6.42 Å².